The molecule has 0 bridgehead atoms. The van der Waals surface area contributed by atoms with Crippen LogP contribution >= 0.6 is 11.3 Å². The Morgan fingerprint density at radius 3 is 2.58 bits per heavy atom. The summed E-state index contributed by atoms with van der Waals surface area (Å²) in [6.45, 7) is 12.4. The lowest BCUT2D eigenvalue weighted by Gasteiger charge is -2.35. The number of ether oxygens (including phenoxy) is 1. The maximum absolute atomic E-state index is 5.79. The van der Waals surface area contributed by atoms with Crippen molar-refractivity contribution in [3.05, 3.63) is 10.6 Å². The molecular weight excluding hydrogens is 258 g/mol. The number of nitrogens with zero attached hydrogens (tertiary/aromatic N) is 2. The van der Waals surface area contributed by atoms with Crippen LogP contribution in [0.2, 0.25) is 0 Å². The van der Waals surface area contributed by atoms with Crippen LogP contribution in [-0.4, -0.2) is 36.8 Å². The van der Waals surface area contributed by atoms with E-state index in [4.69, 9.17) is 9.72 Å². The third kappa shape index (κ3) is 3.68. The topological polar surface area (TPSA) is 37.4 Å². The van der Waals surface area contributed by atoms with E-state index in [-0.39, 0.29) is 12.2 Å². The Kier molecular flexibility index (Phi) is 5.19. The number of nitrogens with one attached hydrogen (secondary N) is 1. The lowest BCUT2D eigenvalue weighted by molar-refractivity contribution is -0.00523. The van der Waals surface area contributed by atoms with Crippen LogP contribution in [0, 0.1) is 0 Å². The molecule has 1 N–H and O–H groups in total. The summed E-state index contributed by atoms with van der Waals surface area (Å²) in [5, 5.41) is 4.56. The van der Waals surface area contributed by atoms with Gasteiger partial charge in [0.05, 0.1) is 17.9 Å². The van der Waals surface area contributed by atoms with Crippen molar-refractivity contribution in [2.45, 2.75) is 52.9 Å². The van der Waals surface area contributed by atoms with Crippen LogP contribution in [0.15, 0.2) is 0 Å². The Morgan fingerprint density at radius 2 is 2.00 bits per heavy atom. The second-order valence-electron chi connectivity index (χ2n) is 5.16. The highest BCUT2D eigenvalue weighted by Gasteiger charge is 2.25. The van der Waals surface area contributed by atoms with Crippen molar-refractivity contribution in [2.75, 3.05) is 24.5 Å². The van der Waals surface area contributed by atoms with Crippen molar-refractivity contribution in [2.24, 2.45) is 0 Å². The number of anilines is 1. The first-order valence-electron chi connectivity index (χ1n) is 7.23. The summed E-state index contributed by atoms with van der Waals surface area (Å²) >= 11 is 1.83. The van der Waals surface area contributed by atoms with Gasteiger partial charge in [-0.25, -0.2) is 4.98 Å². The van der Waals surface area contributed by atoms with Gasteiger partial charge in [-0.2, -0.15) is 0 Å². The first-order chi connectivity index (χ1) is 9.13. The van der Waals surface area contributed by atoms with Crippen molar-refractivity contribution in [3.8, 4) is 0 Å². The fourth-order valence-electron chi connectivity index (χ4n) is 2.49. The van der Waals surface area contributed by atoms with Crippen LogP contribution in [0.5, 0.6) is 0 Å². The van der Waals surface area contributed by atoms with E-state index in [2.05, 4.69) is 37.9 Å². The molecule has 4 nitrogen and oxygen atoms in total. The Bertz CT molecular complexity index is 397. The maximum atomic E-state index is 5.79. The zero-order chi connectivity index (χ0) is 13.8. The molecule has 2 unspecified atom stereocenters. The van der Waals surface area contributed by atoms with Crippen LogP contribution in [0.4, 0.5) is 5.13 Å². The quantitative estimate of drug-likeness (QED) is 0.900. The van der Waals surface area contributed by atoms with E-state index in [1.54, 1.807) is 0 Å². The average Bonchev–Trinajstić information content (AvgIpc) is 2.78. The molecule has 1 aromatic rings. The second-order valence-corrected chi connectivity index (χ2v) is 6.22. The molecule has 0 spiro atoms. The third-order valence-electron chi connectivity index (χ3n) is 3.33. The molecule has 2 rings (SSSR count). The summed E-state index contributed by atoms with van der Waals surface area (Å²) in [5.41, 5.74) is 1.24. The van der Waals surface area contributed by atoms with Crippen molar-refractivity contribution in [1.82, 2.24) is 10.3 Å². The van der Waals surface area contributed by atoms with Gasteiger partial charge < -0.3 is 15.0 Å². The summed E-state index contributed by atoms with van der Waals surface area (Å²) in [7, 11) is 0. The first kappa shape index (κ1) is 14.8. The summed E-state index contributed by atoms with van der Waals surface area (Å²) in [6, 6.07) is 0. The predicted octanol–water partition coefficient (Wildman–Crippen LogP) is 2.43. The molecular formula is C14H25N3OS. The average molecular weight is 283 g/mol. The standard InChI is InChI=1S/C14H25N3OS/c1-5-12-13(7-15-6-2)19-14(16-12)17-8-10(3)18-11(4)9-17/h10-11,15H,5-9H2,1-4H3. The van der Waals surface area contributed by atoms with Crippen LogP contribution in [0.25, 0.3) is 0 Å². The van der Waals surface area contributed by atoms with E-state index in [9.17, 15) is 0 Å². The molecule has 1 aromatic heterocycles. The number of hydrogen-bond donors (Lipinski definition) is 1. The van der Waals surface area contributed by atoms with Crippen LogP contribution in [0.3, 0.4) is 0 Å². The van der Waals surface area contributed by atoms with Gasteiger partial charge in [-0.05, 0) is 26.8 Å². The molecule has 1 saturated heterocycles. The minimum absolute atomic E-state index is 0.287. The van der Waals surface area contributed by atoms with E-state index in [0.29, 0.717) is 0 Å². The van der Waals surface area contributed by atoms with Gasteiger partial charge in [0, 0.05) is 24.5 Å². The van der Waals surface area contributed by atoms with Gasteiger partial charge in [0.25, 0.3) is 0 Å². The van der Waals surface area contributed by atoms with Gasteiger partial charge >= 0.3 is 0 Å². The van der Waals surface area contributed by atoms with Crippen molar-refractivity contribution in [3.63, 3.8) is 0 Å². The summed E-state index contributed by atoms with van der Waals surface area (Å²) in [4.78, 5) is 8.58. The number of aromatic nitrogens is 1. The Hall–Kier alpha value is -0.650. The number of morpholine rings is 1. The van der Waals surface area contributed by atoms with Crippen molar-refractivity contribution < 1.29 is 4.74 Å². The number of rotatable bonds is 5. The van der Waals surface area contributed by atoms with Gasteiger partial charge in [-0.1, -0.05) is 13.8 Å². The largest absolute Gasteiger partial charge is 0.372 e. The van der Waals surface area contributed by atoms with Gasteiger partial charge in [-0.3, -0.25) is 0 Å². The zero-order valence-electron chi connectivity index (χ0n) is 12.4. The molecule has 19 heavy (non-hydrogen) atoms. The molecule has 0 saturated carbocycles. The second kappa shape index (κ2) is 6.68. The molecule has 0 aliphatic carbocycles. The molecule has 2 atom stereocenters. The fourth-order valence-corrected chi connectivity index (χ4v) is 3.63. The van der Waals surface area contributed by atoms with E-state index in [1.807, 2.05) is 11.3 Å². The highest BCUT2D eigenvalue weighted by Crippen LogP contribution is 2.29. The molecule has 5 heteroatoms. The summed E-state index contributed by atoms with van der Waals surface area (Å²) in [5.74, 6) is 0. The molecule has 1 aliphatic heterocycles. The van der Waals surface area contributed by atoms with Crippen molar-refractivity contribution in [1.29, 1.82) is 0 Å². The van der Waals surface area contributed by atoms with E-state index in [0.717, 1.165) is 37.7 Å². The lowest BCUT2D eigenvalue weighted by atomic mass is 10.2. The zero-order valence-corrected chi connectivity index (χ0v) is 13.2. The lowest BCUT2D eigenvalue weighted by Crippen LogP contribution is -2.45. The van der Waals surface area contributed by atoms with Gasteiger partial charge in [0.1, 0.15) is 0 Å². The fraction of sp³-hybridized carbons (Fsp3) is 0.786. The first-order valence-corrected chi connectivity index (χ1v) is 8.05. The minimum Gasteiger partial charge on any atom is -0.372 e. The van der Waals surface area contributed by atoms with Gasteiger partial charge in [-0.15, -0.1) is 11.3 Å². The normalized spacial score (nSPS) is 23.9. The molecule has 1 aliphatic rings. The molecule has 108 valence electrons. The third-order valence-corrected chi connectivity index (χ3v) is 4.49. The minimum atomic E-state index is 0.287. The Balaban J connectivity index is 2.13. The summed E-state index contributed by atoms with van der Waals surface area (Å²) < 4.78 is 5.79. The molecule has 0 aromatic carbocycles. The highest BCUT2D eigenvalue weighted by molar-refractivity contribution is 7.15. The molecule has 0 radical (unpaired) electrons. The van der Waals surface area contributed by atoms with Gasteiger partial charge in [0.2, 0.25) is 0 Å². The summed E-state index contributed by atoms with van der Waals surface area (Å²) in [6.07, 6.45) is 1.58. The van der Waals surface area contributed by atoms with Crippen LogP contribution < -0.4 is 10.2 Å². The highest BCUT2D eigenvalue weighted by atomic mass is 32.1. The monoisotopic (exact) mass is 283 g/mol. The molecule has 1 fully saturated rings. The Morgan fingerprint density at radius 1 is 1.32 bits per heavy atom. The van der Waals surface area contributed by atoms with Crippen LogP contribution in [-0.2, 0) is 17.7 Å². The number of aryl methyl sites for hydroxylation is 1. The molecule has 2 heterocycles. The predicted molar refractivity (Wildman–Crippen MR) is 81.1 cm³/mol. The van der Waals surface area contributed by atoms with E-state index < -0.39 is 0 Å². The number of hydrogen-bond acceptors (Lipinski definition) is 5. The SMILES string of the molecule is CCNCc1sc(N2CC(C)OC(C)C2)nc1CC. The molecule has 0 amide bonds. The van der Waals surface area contributed by atoms with Crippen molar-refractivity contribution >= 4 is 16.5 Å². The smallest absolute Gasteiger partial charge is 0.186 e. The Labute approximate surface area is 120 Å². The van der Waals surface area contributed by atoms with Crippen LogP contribution in [0.1, 0.15) is 38.3 Å². The maximum Gasteiger partial charge on any atom is 0.186 e. The number of thiazole rings is 1. The van der Waals surface area contributed by atoms with Gasteiger partial charge in [0.15, 0.2) is 5.13 Å². The van der Waals surface area contributed by atoms with E-state index in [1.165, 1.54) is 10.6 Å². The van der Waals surface area contributed by atoms with E-state index >= 15 is 0 Å².